The Labute approximate surface area is 269 Å². The molecule has 3 atom stereocenters. The van der Waals surface area contributed by atoms with Crippen molar-refractivity contribution in [2.75, 3.05) is 24.3 Å². The van der Waals surface area contributed by atoms with Gasteiger partial charge >= 0.3 is 5.97 Å². The molecule has 7 rings (SSSR count). The van der Waals surface area contributed by atoms with Crippen LogP contribution >= 0.6 is 0 Å². The minimum atomic E-state index is -4.09. The molecule has 5 heterocycles. The molecule has 2 N–H and O–H groups in total. The number of aromatic nitrogens is 2. The van der Waals surface area contributed by atoms with Gasteiger partial charge in [0, 0.05) is 54.2 Å². The average Bonchev–Trinajstić information content (AvgIpc) is 3.48. The van der Waals surface area contributed by atoms with Crippen molar-refractivity contribution in [3.05, 3.63) is 71.2 Å². The third kappa shape index (κ3) is 5.32. The van der Waals surface area contributed by atoms with Gasteiger partial charge in [0.1, 0.15) is 5.75 Å². The number of carbonyl (C=O) groups is 1. The summed E-state index contributed by atoms with van der Waals surface area (Å²) >= 11 is 0. The van der Waals surface area contributed by atoms with Gasteiger partial charge in [0.25, 0.3) is 15.9 Å². The third-order valence-electron chi connectivity index (χ3n) is 10.3. The zero-order chi connectivity index (χ0) is 32.2. The fourth-order valence-corrected chi connectivity index (χ4v) is 8.79. The van der Waals surface area contributed by atoms with E-state index in [1.165, 1.54) is 22.5 Å². The number of rotatable bonds is 11. The summed E-state index contributed by atoms with van der Waals surface area (Å²) in [6.45, 7) is 4.39. The van der Waals surface area contributed by atoms with Crippen molar-refractivity contribution in [2.45, 2.75) is 89.0 Å². The number of anilines is 1. The largest absolute Gasteiger partial charge is 0.497 e. The second kappa shape index (κ2) is 11.8. The second-order valence-corrected chi connectivity index (χ2v) is 14.7. The summed E-state index contributed by atoms with van der Waals surface area (Å²) in [6, 6.07) is 14.7. The van der Waals surface area contributed by atoms with Gasteiger partial charge in [-0.2, -0.15) is 8.42 Å². The molecular formula is C35H42N3O7S+. The minimum Gasteiger partial charge on any atom is -0.497 e. The van der Waals surface area contributed by atoms with Crippen LogP contribution in [0.2, 0.25) is 0 Å². The maximum Gasteiger partial charge on any atom is 0.303 e. The quantitative estimate of drug-likeness (QED) is 0.165. The molecule has 0 amide bonds. The van der Waals surface area contributed by atoms with Gasteiger partial charge < -0.3 is 19.5 Å². The first-order chi connectivity index (χ1) is 22.1. The maximum atomic E-state index is 11.7. The molecule has 0 spiro atoms. The smallest absolute Gasteiger partial charge is 0.303 e. The number of carboxylic acids is 1. The van der Waals surface area contributed by atoms with Crippen molar-refractivity contribution in [1.82, 2.24) is 4.57 Å². The van der Waals surface area contributed by atoms with Crippen LogP contribution in [0.25, 0.3) is 16.6 Å². The van der Waals surface area contributed by atoms with Crippen LogP contribution in [0.15, 0.2) is 59.8 Å². The lowest BCUT2D eigenvalue weighted by atomic mass is 9.73. The number of aliphatic carboxylic acids is 1. The topological polar surface area (TPSA) is 122 Å². The number of allylic oxidation sites excluding steroid dienone is 1. The number of carboxylic acid groups (broad SMARTS) is 1. The highest BCUT2D eigenvalue weighted by Crippen LogP contribution is 2.55. The number of ether oxygens (including phenoxy) is 2. The molecule has 0 saturated heterocycles. The molecule has 0 radical (unpaired) electrons. The van der Waals surface area contributed by atoms with E-state index in [1.54, 1.807) is 7.11 Å². The molecule has 3 aromatic rings. The summed E-state index contributed by atoms with van der Waals surface area (Å²) in [6.07, 6.45) is 7.81. The molecule has 1 aromatic heterocycles. The van der Waals surface area contributed by atoms with Gasteiger partial charge in [0.2, 0.25) is 0 Å². The lowest BCUT2D eigenvalue weighted by Crippen LogP contribution is -2.49. The van der Waals surface area contributed by atoms with E-state index in [1.807, 2.05) is 12.1 Å². The van der Waals surface area contributed by atoms with Gasteiger partial charge in [0.15, 0.2) is 11.0 Å². The van der Waals surface area contributed by atoms with Crippen LogP contribution in [0, 0.1) is 0 Å². The summed E-state index contributed by atoms with van der Waals surface area (Å²) in [5, 5.41) is 9.15. The van der Waals surface area contributed by atoms with Crippen molar-refractivity contribution in [1.29, 1.82) is 0 Å². The highest BCUT2D eigenvalue weighted by Gasteiger charge is 2.50. The molecule has 0 aliphatic carbocycles. The van der Waals surface area contributed by atoms with Gasteiger partial charge in [0.05, 0.1) is 43.7 Å². The van der Waals surface area contributed by atoms with Crippen molar-refractivity contribution < 1.29 is 36.9 Å². The standard InChI is InChI=1S/C35H41N3O7S/c1-35(16-7-3-4-11-32(39)40)26-9-5-6-10-27(26)36-18-14-30-24(33(35)36)22-25-31(45-30)15-19-38-28-13-12-23(44-2)21-29(28)37(34(25)38)17-8-20-46(41,42)43/h5-6,9-10,12-13,21-22,30-31H,3-4,7-8,11,14-20H2,1-2H3,(H-,39,40,41,42,43)/p+1. The van der Waals surface area contributed by atoms with Crippen LogP contribution in [0.5, 0.6) is 5.75 Å². The molecular weight excluding hydrogens is 606 g/mol. The van der Waals surface area contributed by atoms with Crippen LogP contribution in [0.1, 0.15) is 69.7 Å². The van der Waals surface area contributed by atoms with Gasteiger partial charge in [-0.25, -0.2) is 9.13 Å². The lowest BCUT2D eigenvalue weighted by molar-refractivity contribution is -0.679. The summed E-state index contributed by atoms with van der Waals surface area (Å²) in [4.78, 5) is 13.6. The summed E-state index contributed by atoms with van der Waals surface area (Å²) in [5.41, 5.74) is 7.87. The fourth-order valence-electron chi connectivity index (χ4n) is 8.30. The van der Waals surface area contributed by atoms with E-state index in [-0.39, 0.29) is 36.2 Å². The van der Waals surface area contributed by atoms with Gasteiger partial charge in [-0.05, 0) is 56.0 Å². The highest BCUT2D eigenvalue weighted by atomic mass is 32.2. The Morgan fingerprint density at radius 2 is 1.93 bits per heavy atom. The zero-order valence-electron chi connectivity index (χ0n) is 26.4. The SMILES string of the molecule is COc1ccc2c(c1)n(CCCS(=O)(=O)O)c1[n+]2CCC2OC3CCN4C(=C3C=C12)C(C)(CCCCCC(=O)O)c1ccccc14. The molecule has 3 unspecified atom stereocenters. The third-order valence-corrected chi connectivity index (χ3v) is 11.1. The number of imidazole rings is 1. The molecule has 11 heteroatoms. The number of hydrogen-bond acceptors (Lipinski definition) is 6. The molecule has 4 aliphatic rings. The number of benzene rings is 2. The Kier molecular flexibility index (Phi) is 7.97. The van der Waals surface area contributed by atoms with Gasteiger partial charge in [-0.15, -0.1) is 0 Å². The molecule has 244 valence electrons. The maximum absolute atomic E-state index is 11.7. The molecule has 46 heavy (non-hydrogen) atoms. The average molecular weight is 649 g/mol. The zero-order valence-corrected chi connectivity index (χ0v) is 27.3. The summed E-state index contributed by atoms with van der Waals surface area (Å²) in [7, 11) is -2.46. The number of nitrogens with zero attached hydrogens (tertiary/aromatic N) is 3. The number of para-hydroxylation sites is 1. The molecule has 0 saturated carbocycles. The van der Waals surface area contributed by atoms with Gasteiger partial charge in [-0.1, -0.05) is 31.0 Å². The Bertz CT molecular complexity index is 1880. The molecule has 2 aromatic carbocycles. The monoisotopic (exact) mass is 648 g/mol. The highest BCUT2D eigenvalue weighted by molar-refractivity contribution is 7.85. The first kappa shape index (κ1) is 31.0. The summed E-state index contributed by atoms with van der Waals surface area (Å²) in [5.74, 6) is 0.664. The van der Waals surface area contributed by atoms with E-state index in [0.29, 0.717) is 13.0 Å². The van der Waals surface area contributed by atoms with E-state index >= 15 is 0 Å². The predicted octanol–water partition coefficient (Wildman–Crippen LogP) is 5.24. The first-order valence-corrected chi connectivity index (χ1v) is 18.0. The van der Waals surface area contributed by atoms with E-state index < -0.39 is 16.1 Å². The van der Waals surface area contributed by atoms with Crippen LogP contribution in [-0.4, -0.2) is 60.2 Å². The Balaban J connectivity index is 1.36. The minimum absolute atomic E-state index is 0.0235. The second-order valence-electron chi connectivity index (χ2n) is 13.2. The fraction of sp³-hybridized carbons (Fsp3) is 0.486. The van der Waals surface area contributed by atoms with E-state index in [9.17, 15) is 17.8 Å². The lowest BCUT2D eigenvalue weighted by Gasteiger charge is -2.42. The number of unbranched alkanes of at least 4 members (excludes halogenated alkanes) is 2. The predicted molar refractivity (Wildman–Crippen MR) is 174 cm³/mol. The van der Waals surface area contributed by atoms with Crippen molar-refractivity contribution in [3.8, 4) is 5.75 Å². The number of fused-ring (bicyclic) bond motifs is 9. The van der Waals surface area contributed by atoms with Crippen molar-refractivity contribution in [2.24, 2.45) is 0 Å². The van der Waals surface area contributed by atoms with E-state index in [2.05, 4.69) is 57.4 Å². The van der Waals surface area contributed by atoms with Crippen molar-refractivity contribution in [3.63, 3.8) is 0 Å². The first-order valence-electron chi connectivity index (χ1n) is 16.4. The van der Waals surface area contributed by atoms with Crippen molar-refractivity contribution >= 4 is 38.4 Å². The molecule has 4 aliphatic heterocycles. The summed E-state index contributed by atoms with van der Waals surface area (Å²) < 4.78 is 49.8. The van der Waals surface area contributed by atoms with E-state index in [4.69, 9.17) is 14.6 Å². The Morgan fingerprint density at radius 1 is 1.11 bits per heavy atom. The van der Waals surface area contributed by atoms with Crippen LogP contribution in [0.3, 0.4) is 0 Å². The molecule has 0 bridgehead atoms. The van der Waals surface area contributed by atoms with Crippen LogP contribution < -0.4 is 14.2 Å². The number of hydrogen-bond donors (Lipinski definition) is 2. The molecule has 0 fully saturated rings. The Hall–Kier alpha value is -3.67. The molecule has 10 nitrogen and oxygen atoms in total. The van der Waals surface area contributed by atoms with Gasteiger partial charge in [-0.3, -0.25) is 9.35 Å². The Morgan fingerprint density at radius 3 is 2.72 bits per heavy atom. The van der Waals surface area contributed by atoms with Crippen LogP contribution in [0.4, 0.5) is 5.69 Å². The number of aryl methyl sites for hydroxylation is 2. The number of methoxy groups -OCH3 is 1. The van der Waals surface area contributed by atoms with E-state index in [0.717, 1.165) is 73.4 Å². The normalized spacial score (nSPS) is 23.4. The van der Waals surface area contributed by atoms with Crippen LogP contribution in [-0.2, 0) is 38.2 Å².